The van der Waals surface area contributed by atoms with E-state index < -0.39 is 10.0 Å². The smallest absolute Gasteiger partial charge is 0.214 e. The summed E-state index contributed by atoms with van der Waals surface area (Å²) in [7, 11) is -3.00. The molecule has 0 bridgehead atoms. The van der Waals surface area contributed by atoms with Gasteiger partial charge in [0, 0.05) is 32.2 Å². The van der Waals surface area contributed by atoms with Crippen LogP contribution in [0.15, 0.2) is 48.5 Å². The van der Waals surface area contributed by atoms with Gasteiger partial charge in [0.05, 0.1) is 5.75 Å². The molecule has 1 unspecified atom stereocenters. The number of rotatable bonds is 4. The minimum atomic E-state index is -3.00. The van der Waals surface area contributed by atoms with Crippen molar-refractivity contribution in [2.75, 3.05) is 32.0 Å². The number of ether oxygens (including phenoxy) is 2. The fourth-order valence-corrected chi connectivity index (χ4v) is 6.51. The van der Waals surface area contributed by atoms with Gasteiger partial charge in [0.2, 0.25) is 10.0 Å². The van der Waals surface area contributed by atoms with Crippen LogP contribution >= 0.6 is 0 Å². The topological polar surface area (TPSA) is 59.1 Å². The highest BCUT2D eigenvalue weighted by Gasteiger charge is 2.36. The minimum absolute atomic E-state index is 0.0906. The number of hydrogen-bond donors (Lipinski definition) is 0. The first kappa shape index (κ1) is 19.8. The van der Waals surface area contributed by atoms with Crippen LogP contribution in [0, 0.1) is 0 Å². The summed E-state index contributed by atoms with van der Waals surface area (Å²) < 4.78 is 38.0. The summed E-state index contributed by atoms with van der Waals surface area (Å²) in [6, 6.07) is 16.5. The molecule has 160 valence electrons. The van der Waals surface area contributed by atoms with E-state index in [0.29, 0.717) is 18.9 Å². The third-order valence-electron chi connectivity index (χ3n) is 6.37. The Bertz CT molecular complexity index is 985. The maximum absolute atomic E-state index is 12.2. The average molecular weight is 429 g/mol. The lowest BCUT2D eigenvalue weighted by Gasteiger charge is -2.35. The largest absolute Gasteiger partial charge is 0.485 e. The molecular weight excluding hydrogens is 400 g/mol. The van der Waals surface area contributed by atoms with Crippen molar-refractivity contribution in [3.05, 3.63) is 59.7 Å². The van der Waals surface area contributed by atoms with Crippen molar-refractivity contribution in [1.29, 1.82) is 0 Å². The van der Waals surface area contributed by atoms with Crippen molar-refractivity contribution in [3.8, 4) is 11.5 Å². The lowest BCUT2D eigenvalue weighted by Crippen LogP contribution is -2.45. The van der Waals surface area contributed by atoms with E-state index in [-0.39, 0.29) is 12.1 Å². The van der Waals surface area contributed by atoms with Crippen LogP contribution in [-0.2, 0) is 16.6 Å². The quantitative estimate of drug-likeness (QED) is 0.749. The molecule has 5 rings (SSSR count). The first-order valence-corrected chi connectivity index (χ1v) is 12.4. The van der Waals surface area contributed by atoms with Gasteiger partial charge in [-0.25, -0.2) is 8.42 Å². The number of likely N-dealkylation sites (tertiary alicyclic amines) is 1. The highest BCUT2D eigenvalue weighted by atomic mass is 32.2. The molecule has 7 heteroatoms. The van der Waals surface area contributed by atoms with Crippen molar-refractivity contribution in [3.63, 3.8) is 0 Å². The second kappa shape index (κ2) is 8.21. The predicted octanol–water partition coefficient (Wildman–Crippen LogP) is 3.20. The van der Waals surface area contributed by atoms with E-state index in [1.165, 1.54) is 5.56 Å². The molecule has 3 heterocycles. The molecule has 0 amide bonds. The number of para-hydroxylation sites is 2. The van der Waals surface area contributed by atoms with Gasteiger partial charge in [0.1, 0.15) is 6.61 Å². The van der Waals surface area contributed by atoms with Crippen molar-refractivity contribution < 1.29 is 17.9 Å². The van der Waals surface area contributed by atoms with E-state index in [1.54, 1.807) is 4.31 Å². The van der Waals surface area contributed by atoms with Crippen LogP contribution in [0.25, 0.3) is 0 Å². The predicted molar refractivity (Wildman–Crippen MR) is 115 cm³/mol. The van der Waals surface area contributed by atoms with Crippen molar-refractivity contribution in [2.24, 2.45) is 0 Å². The molecule has 2 saturated heterocycles. The molecule has 2 aromatic rings. The van der Waals surface area contributed by atoms with Gasteiger partial charge in [-0.2, -0.15) is 4.31 Å². The highest BCUT2D eigenvalue weighted by Crippen LogP contribution is 2.36. The van der Waals surface area contributed by atoms with Crippen molar-refractivity contribution >= 4 is 10.0 Å². The van der Waals surface area contributed by atoms with E-state index in [2.05, 4.69) is 29.2 Å². The lowest BCUT2D eigenvalue weighted by molar-refractivity contribution is 0.0912. The van der Waals surface area contributed by atoms with E-state index in [1.807, 2.05) is 24.3 Å². The first-order valence-electron chi connectivity index (χ1n) is 10.8. The molecule has 0 radical (unpaired) electrons. The molecule has 0 saturated carbocycles. The molecule has 3 aliphatic heterocycles. The van der Waals surface area contributed by atoms with Crippen LogP contribution < -0.4 is 9.47 Å². The molecular formula is C23H28N2O4S. The molecule has 0 N–H and O–H groups in total. The van der Waals surface area contributed by atoms with Gasteiger partial charge in [-0.1, -0.05) is 36.4 Å². The Hall–Kier alpha value is -2.09. The summed E-state index contributed by atoms with van der Waals surface area (Å²) in [5.41, 5.74) is 2.38. The number of benzene rings is 2. The molecule has 0 aliphatic carbocycles. The highest BCUT2D eigenvalue weighted by molar-refractivity contribution is 7.89. The maximum Gasteiger partial charge on any atom is 0.214 e. The summed E-state index contributed by atoms with van der Waals surface area (Å²) in [5, 5.41) is 0. The monoisotopic (exact) mass is 428 g/mol. The van der Waals surface area contributed by atoms with Crippen molar-refractivity contribution in [1.82, 2.24) is 9.21 Å². The Kier molecular flexibility index (Phi) is 5.43. The van der Waals surface area contributed by atoms with Gasteiger partial charge >= 0.3 is 0 Å². The summed E-state index contributed by atoms with van der Waals surface area (Å²) in [4.78, 5) is 2.42. The Morgan fingerprint density at radius 2 is 1.67 bits per heavy atom. The summed E-state index contributed by atoms with van der Waals surface area (Å²) in [6.45, 7) is 3.99. The normalized spacial score (nSPS) is 24.7. The Labute approximate surface area is 178 Å². The number of nitrogens with zero attached hydrogens (tertiary/aromatic N) is 2. The van der Waals surface area contributed by atoms with Crippen molar-refractivity contribution in [2.45, 2.75) is 38.0 Å². The number of fused-ring (bicyclic) bond motifs is 1. The SMILES string of the molecule is O=S1(=O)CCCN1C1CCN(Cc2ccc(C3COc4ccccc4O3)cc2)CC1. The molecule has 30 heavy (non-hydrogen) atoms. The summed E-state index contributed by atoms with van der Waals surface area (Å²) in [5.74, 6) is 1.91. The third kappa shape index (κ3) is 4.06. The fourth-order valence-electron chi connectivity index (χ4n) is 4.71. The molecule has 3 aliphatic rings. The third-order valence-corrected chi connectivity index (χ3v) is 8.37. The van der Waals surface area contributed by atoms with Gasteiger partial charge in [0.15, 0.2) is 17.6 Å². The molecule has 6 nitrogen and oxygen atoms in total. The first-order chi connectivity index (χ1) is 14.6. The number of piperidine rings is 1. The molecule has 2 fully saturated rings. The second-order valence-corrected chi connectivity index (χ2v) is 10.4. The summed E-state index contributed by atoms with van der Waals surface area (Å²) in [6.07, 6.45) is 2.52. The van der Waals surface area contributed by atoms with E-state index in [4.69, 9.17) is 9.47 Å². The van der Waals surface area contributed by atoms with E-state index in [0.717, 1.165) is 56.0 Å². The van der Waals surface area contributed by atoms with E-state index >= 15 is 0 Å². The molecule has 1 atom stereocenters. The zero-order valence-electron chi connectivity index (χ0n) is 17.1. The zero-order valence-corrected chi connectivity index (χ0v) is 17.9. The minimum Gasteiger partial charge on any atom is -0.485 e. The van der Waals surface area contributed by atoms with Crippen LogP contribution in [-0.4, -0.2) is 55.7 Å². The van der Waals surface area contributed by atoms with Gasteiger partial charge in [-0.05, 0) is 42.5 Å². The summed E-state index contributed by atoms with van der Waals surface area (Å²) >= 11 is 0. The van der Waals surface area contributed by atoms with Gasteiger partial charge in [-0.15, -0.1) is 0 Å². The average Bonchev–Trinajstić information content (AvgIpc) is 3.13. The zero-order chi connectivity index (χ0) is 20.6. The number of hydrogen-bond acceptors (Lipinski definition) is 5. The molecule has 0 spiro atoms. The Balaban J connectivity index is 1.16. The molecule has 2 aromatic carbocycles. The standard InChI is InChI=1S/C23H28N2O4S/c26-30(27)15-3-12-25(30)20-10-13-24(14-11-20)16-18-6-8-19(9-7-18)23-17-28-21-4-1-2-5-22(21)29-23/h1-2,4-9,20,23H,3,10-17H2. The van der Waals surface area contributed by atoms with Gasteiger partial charge in [0.25, 0.3) is 0 Å². The number of sulfonamides is 1. The second-order valence-electron chi connectivity index (χ2n) is 8.39. The van der Waals surface area contributed by atoms with E-state index in [9.17, 15) is 8.42 Å². The van der Waals surface area contributed by atoms with Gasteiger partial charge in [-0.3, -0.25) is 4.90 Å². The fraction of sp³-hybridized carbons (Fsp3) is 0.478. The van der Waals surface area contributed by atoms with Crippen LogP contribution in [0.5, 0.6) is 11.5 Å². The van der Waals surface area contributed by atoms with Crippen LogP contribution in [0.2, 0.25) is 0 Å². The lowest BCUT2D eigenvalue weighted by atomic mass is 10.0. The van der Waals surface area contributed by atoms with Crippen LogP contribution in [0.1, 0.15) is 36.5 Å². The van der Waals surface area contributed by atoms with Gasteiger partial charge < -0.3 is 9.47 Å². The molecule has 0 aromatic heterocycles. The Morgan fingerprint density at radius 1 is 0.933 bits per heavy atom. The van der Waals surface area contributed by atoms with Crippen LogP contribution in [0.4, 0.5) is 0 Å². The maximum atomic E-state index is 12.2. The van der Waals surface area contributed by atoms with Crippen LogP contribution in [0.3, 0.4) is 0 Å². The Morgan fingerprint density at radius 3 is 2.37 bits per heavy atom.